The minimum Gasteiger partial charge on any atom is -0.372 e. The fourth-order valence-electron chi connectivity index (χ4n) is 3.68. The molecule has 2 aromatic rings. The highest BCUT2D eigenvalue weighted by atomic mass is 16.2. The molecule has 0 saturated carbocycles. The first-order valence-corrected chi connectivity index (χ1v) is 10.5. The average molecular weight is 394 g/mol. The molecular formula is C24H31N3O2. The van der Waals surface area contributed by atoms with Crippen molar-refractivity contribution in [1.29, 1.82) is 0 Å². The summed E-state index contributed by atoms with van der Waals surface area (Å²) in [5.74, 6) is 0.686. The van der Waals surface area contributed by atoms with Crippen LogP contribution in [0.3, 0.4) is 0 Å². The Labute approximate surface area is 173 Å². The molecule has 0 aromatic heterocycles. The van der Waals surface area contributed by atoms with Crippen LogP contribution in [0.15, 0.2) is 54.6 Å². The molecule has 1 aliphatic rings. The number of piperidine rings is 1. The van der Waals surface area contributed by atoms with Crippen LogP contribution < -0.4 is 15.1 Å². The van der Waals surface area contributed by atoms with Crippen LogP contribution in [-0.4, -0.2) is 31.4 Å². The van der Waals surface area contributed by atoms with Crippen molar-refractivity contribution in [3.05, 3.63) is 60.2 Å². The largest absolute Gasteiger partial charge is 0.372 e. The van der Waals surface area contributed by atoms with Crippen molar-refractivity contribution in [2.24, 2.45) is 5.92 Å². The molecule has 154 valence electrons. The molecule has 2 amide bonds. The summed E-state index contributed by atoms with van der Waals surface area (Å²) in [7, 11) is 0. The summed E-state index contributed by atoms with van der Waals surface area (Å²) in [5, 5.41) is 2.92. The summed E-state index contributed by atoms with van der Waals surface area (Å²) in [5.41, 5.74) is 3.10. The fraction of sp³-hybridized carbons (Fsp3) is 0.417. The number of amides is 2. The van der Waals surface area contributed by atoms with Crippen LogP contribution in [0.2, 0.25) is 0 Å². The molecule has 3 rings (SSSR count). The molecule has 5 heteroatoms. The van der Waals surface area contributed by atoms with E-state index in [-0.39, 0.29) is 18.2 Å². The third kappa shape index (κ3) is 6.08. The Morgan fingerprint density at radius 2 is 1.69 bits per heavy atom. The van der Waals surface area contributed by atoms with Crippen molar-refractivity contribution in [3.8, 4) is 0 Å². The Hall–Kier alpha value is -2.82. The number of nitrogens with one attached hydrogen (secondary N) is 1. The highest BCUT2D eigenvalue weighted by Crippen LogP contribution is 2.25. The van der Waals surface area contributed by atoms with Crippen LogP contribution in [0.1, 0.15) is 38.7 Å². The van der Waals surface area contributed by atoms with Gasteiger partial charge in [-0.25, -0.2) is 0 Å². The third-order valence-electron chi connectivity index (χ3n) is 5.59. The minimum atomic E-state index is -0.0563. The van der Waals surface area contributed by atoms with Gasteiger partial charge in [-0.3, -0.25) is 9.59 Å². The second-order valence-electron chi connectivity index (χ2n) is 7.87. The van der Waals surface area contributed by atoms with Gasteiger partial charge in [0, 0.05) is 50.9 Å². The van der Waals surface area contributed by atoms with Crippen molar-refractivity contribution >= 4 is 23.2 Å². The quantitative estimate of drug-likeness (QED) is 0.774. The molecule has 0 spiro atoms. The number of carbonyl (C=O) groups excluding carboxylic acids is 2. The van der Waals surface area contributed by atoms with Crippen LogP contribution in [0.4, 0.5) is 11.4 Å². The van der Waals surface area contributed by atoms with Crippen molar-refractivity contribution in [2.45, 2.75) is 39.7 Å². The summed E-state index contributed by atoms with van der Waals surface area (Å²) < 4.78 is 0. The lowest BCUT2D eigenvalue weighted by molar-refractivity contribution is -0.121. The molecule has 0 radical (unpaired) electrons. The molecule has 1 aliphatic heterocycles. The van der Waals surface area contributed by atoms with E-state index in [1.54, 1.807) is 11.8 Å². The smallest absolute Gasteiger partial charge is 0.223 e. The van der Waals surface area contributed by atoms with Crippen LogP contribution >= 0.6 is 0 Å². The van der Waals surface area contributed by atoms with E-state index in [1.165, 1.54) is 18.5 Å². The number of hydrogen-bond donors (Lipinski definition) is 1. The van der Waals surface area contributed by atoms with Gasteiger partial charge in [0.1, 0.15) is 0 Å². The van der Waals surface area contributed by atoms with Gasteiger partial charge < -0.3 is 15.1 Å². The van der Waals surface area contributed by atoms with E-state index >= 15 is 0 Å². The fourth-order valence-corrected chi connectivity index (χ4v) is 3.68. The molecule has 1 saturated heterocycles. The van der Waals surface area contributed by atoms with Crippen molar-refractivity contribution < 1.29 is 9.59 Å². The van der Waals surface area contributed by atoms with Crippen molar-refractivity contribution in [1.82, 2.24) is 5.32 Å². The molecule has 0 unspecified atom stereocenters. The standard InChI is InChI=1S/C24H31N3O2/c1-19-12-15-26(16-13-19)22-8-10-23(11-9-22)27(20(2)28)17-14-24(29)25-18-21-6-4-3-5-7-21/h3-11,19H,12-18H2,1-2H3,(H,25,29). The highest BCUT2D eigenvalue weighted by Gasteiger charge is 2.17. The Kier molecular flexibility index (Phi) is 7.28. The van der Waals surface area contributed by atoms with Gasteiger partial charge in [0.2, 0.25) is 11.8 Å². The Morgan fingerprint density at radius 1 is 1.03 bits per heavy atom. The number of carbonyl (C=O) groups is 2. The summed E-state index contributed by atoms with van der Waals surface area (Å²) in [4.78, 5) is 28.4. The zero-order valence-corrected chi connectivity index (χ0v) is 17.4. The number of rotatable bonds is 7. The number of nitrogens with zero attached hydrogens (tertiary/aromatic N) is 2. The second kappa shape index (κ2) is 10.1. The van der Waals surface area contributed by atoms with Gasteiger partial charge in [-0.1, -0.05) is 37.3 Å². The first-order valence-electron chi connectivity index (χ1n) is 10.5. The second-order valence-corrected chi connectivity index (χ2v) is 7.87. The summed E-state index contributed by atoms with van der Waals surface area (Å²) in [6, 6.07) is 17.9. The van der Waals surface area contributed by atoms with E-state index in [2.05, 4.69) is 29.3 Å². The average Bonchev–Trinajstić information content (AvgIpc) is 2.74. The maximum Gasteiger partial charge on any atom is 0.223 e. The lowest BCUT2D eigenvalue weighted by Gasteiger charge is -2.32. The molecule has 1 fully saturated rings. The maximum atomic E-state index is 12.2. The van der Waals surface area contributed by atoms with E-state index in [0.717, 1.165) is 30.3 Å². The molecular weight excluding hydrogens is 362 g/mol. The highest BCUT2D eigenvalue weighted by molar-refractivity contribution is 5.92. The first-order chi connectivity index (χ1) is 14.0. The Bertz CT molecular complexity index is 797. The molecule has 2 aromatic carbocycles. The van der Waals surface area contributed by atoms with Crippen LogP contribution in [0, 0.1) is 5.92 Å². The lowest BCUT2D eigenvalue weighted by atomic mass is 9.99. The topological polar surface area (TPSA) is 52.7 Å². The van der Waals surface area contributed by atoms with Crippen molar-refractivity contribution in [2.75, 3.05) is 29.4 Å². The lowest BCUT2D eigenvalue weighted by Crippen LogP contribution is -2.34. The predicted octanol–water partition coefficient (Wildman–Crippen LogP) is 3.98. The minimum absolute atomic E-state index is 0.0552. The van der Waals surface area contributed by atoms with E-state index < -0.39 is 0 Å². The van der Waals surface area contributed by atoms with Gasteiger partial charge in [-0.15, -0.1) is 0 Å². The summed E-state index contributed by atoms with van der Waals surface area (Å²) >= 11 is 0. The maximum absolute atomic E-state index is 12.2. The summed E-state index contributed by atoms with van der Waals surface area (Å²) in [6.07, 6.45) is 2.72. The zero-order valence-electron chi connectivity index (χ0n) is 17.4. The van der Waals surface area contributed by atoms with E-state index in [0.29, 0.717) is 13.1 Å². The number of benzene rings is 2. The molecule has 29 heavy (non-hydrogen) atoms. The van der Waals surface area contributed by atoms with Gasteiger partial charge in [-0.2, -0.15) is 0 Å². The van der Waals surface area contributed by atoms with E-state index in [9.17, 15) is 9.59 Å². The van der Waals surface area contributed by atoms with Crippen LogP contribution in [0.25, 0.3) is 0 Å². The van der Waals surface area contributed by atoms with E-state index in [4.69, 9.17) is 0 Å². The van der Waals surface area contributed by atoms with Gasteiger partial charge in [0.25, 0.3) is 0 Å². The monoisotopic (exact) mass is 393 g/mol. The molecule has 0 atom stereocenters. The zero-order chi connectivity index (χ0) is 20.6. The third-order valence-corrected chi connectivity index (χ3v) is 5.59. The van der Waals surface area contributed by atoms with E-state index in [1.807, 2.05) is 42.5 Å². The predicted molar refractivity (Wildman–Crippen MR) is 118 cm³/mol. The van der Waals surface area contributed by atoms with Crippen LogP contribution in [0.5, 0.6) is 0 Å². The van der Waals surface area contributed by atoms with Crippen LogP contribution in [-0.2, 0) is 16.1 Å². The Morgan fingerprint density at radius 3 is 2.31 bits per heavy atom. The molecule has 0 aliphatic carbocycles. The van der Waals surface area contributed by atoms with Gasteiger partial charge in [-0.05, 0) is 48.6 Å². The number of anilines is 2. The first kappa shape index (κ1) is 20.9. The Balaban J connectivity index is 1.53. The SMILES string of the molecule is CC(=O)N(CCC(=O)NCc1ccccc1)c1ccc(N2CCC(C)CC2)cc1. The summed E-state index contributed by atoms with van der Waals surface area (Å²) in [6.45, 7) is 6.89. The van der Waals surface area contributed by atoms with Crippen molar-refractivity contribution in [3.63, 3.8) is 0 Å². The molecule has 5 nitrogen and oxygen atoms in total. The number of hydrogen-bond acceptors (Lipinski definition) is 3. The van der Waals surface area contributed by atoms with Gasteiger partial charge in [0.05, 0.1) is 0 Å². The molecule has 1 N–H and O–H groups in total. The van der Waals surface area contributed by atoms with Gasteiger partial charge in [0.15, 0.2) is 0 Å². The molecule has 0 bridgehead atoms. The molecule has 1 heterocycles. The normalized spacial score (nSPS) is 14.5. The van der Waals surface area contributed by atoms with Gasteiger partial charge >= 0.3 is 0 Å².